The Bertz CT molecular complexity index is 277. The molecular weight excluding hydrogens is 271 g/mol. The van der Waals surface area contributed by atoms with Gasteiger partial charge in [-0.1, -0.05) is 0 Å². The van der Waals surface area contributed by atoms with E-state index in [0.717, 1.165) is 0 Å². The van der Waals surface area contributed by atoms with Crippen molar-refractivity contribution in [3.8, 4) is 0 Å². The van der Waals surface area contributed by atoms with Crippen LogP contribution in [-0.2, 0) is 28.8 Å². The van der Waals surface area contributed by atoms with E-state index in [1.54, 1.807) is 0 Å². The Morgan fingerprint density at radius 1 is 0.867 bits per heavy atom. The summed E-state index contributed by atoms with van der Waals surface area (Å²) in [7, 11) is 0. The maximum Gasteiger partial charge on any atom is 2.00 e. The van der Waals surface area contributed by atoms with Crippen molar-refractivity contribution in [3.05, 3.63) is 59.7 Å². The van der Waals surface area contributed by atoms with E-state index in [0.29, 0.717) is 11.8 Å². The van der Waals surface area contributed by atoms with Crippen LogP contribution in [0.4, 0.5) is 0 Å². The van der Waals surface area contributed by atoms with E-state index < -0.39 is 0 Å². The van der Waals surface area contributed by atoms with Crippen LogP contribution < -0.4 is 0 Å². The van der Waals surface area contributed by atoms with Gasteiger partial charge in [0.2, 0.25) is 0 Å². The van der Waals surface area contributed by atoms with E-state index in [1.165, 1.54) is 11.1 Å². The van der Waals surface area contributed by atoms with Gasteiger partial charge in [0.05, 0.1) is 0 Å². The number of rotatable bonds is 2. The van der Waals surface area contributed by atoms with Crippen LogP contribution in [-0.4, -0.2) is 0 Å². The molecule has 2 aromatic rings. The topological polar surface area (TPSA) is 0 Å². The second-order valence-corrected chi connectivity index (χ2v) is 3.39. The van der Waals surface area contributed by atoms with Crippen LogP contribution in [0.25, 0.3) is 0 Å². The molecular formula is C12H12Cl2Fe. The molecule has 0 unspecified atom stereocenters. The van der Waals surface area contributed by atoms with Gasteiger partial charge in [-0.3, -0.25) is 0 Å². The maximum atomic E-state index is 5.47. The quantitative estimate of drug-likeness (QED) is 0.438. The summed E-state index contributed by atoms with van der Waals surface area (Å²) in [5, 5.41) is 0. The second kappa shape index (κ2) is 9.06. The molecule has 0 aliphatic heterocycles. The molecule has 82 valence electrons. The molecule has 0 radical (unpaired) electrons. The monoisotopic (exact) mass is 282 g/mol. The predicted molar refractivity (Wildman–Crippen MR) is 63.2 cm³/mol. The second-order valence-electron chi connectivity index (χ2n) is 2.85. The van der Waals surface area contributed by atoms with Gasteiger partial charge in [-0.15, -0.1) is 23.2 Å². The Hall–Kier alpha value is -0.201. The van der Waals surface area contributed by atoms with Gasteiger partial charge in [0.25, 0.3) is 0 Å². The van der Waals surface area contributed by atoms with Crippen molar-refractivity contribution in [3.63, 3.8) is 0 Å². The average molecular weight is 283 g/mol. The summed E-state index contributed by atoms with van der Waals surface area (Å²) in [4.78, 5) is 0. The molecule has 0 amide bonds. The molecule has 2 aromatic carbocycles. The number of halogens is 2. The van der Waals surface area contributed by atoms with Crippen LogP contribution >= 0.6 is 23.2 Å². The largest absolute Gasteiger partial charge is 2.00 e. The molecule has 0 aromatic heterocycles. The molecule has 0 aliphatic rings. The first-order valence-electron chi connectivity index (χ1n) is 4.40. The molecule has 0 N–H and O–H groups in total. The Labute approximate surface area is 111 Å². The molecule has 0 aliphatic carbocycles. The van der Waals surface area contributed by atoms with Crippen molar-refractivity contribution in [2.45, 2.75) is 11.8 Å². The van der Waals surface area contributed by atoms with Crippen molar-refractivity contribution < 1.29 is 17.1 Å². The molecule has 0 heterocycles. The van der Waals surface area contributed by atoms with Crippen LogP contribution in [0.15, 0.2) is 48.5 Å². The Morgan fingerprint density at radius 2 is 1.27 bits per heavy atom. The van der Waals surface area contributed by atoms with Crippen molar-refractivity contribution in [2.24, 2.45) is 0 Å². The van der Waals surface area contributed by atoms with E-state index >= 15 is 0 Å². The van der Waals surface area contributed by atoms with Crippen LogP contribution in [0.3, 0.4) is 0 Å². The van der Waals surface area contributed by atoms with Crippen LogP contribution in [0.2, 0.25) is 0 Å². The average Bonchev–Trinajstić information content (AvgIpc) is 2.92. The third kappa shape index (κ3) is 6.06. The molecule has 0 bridgehead atoms. The van der Waals surface area contributed by atoms with Crippen molar-refractivity contribution in [2.75, 3.05) is 0 Å². The smallest absolute Gasteiger partial charge is 0.213 e. The minimum Gasteiger partial charge on any atom is -0.213 e. The van der Waals surface area contributed by atoms with Crippen molar-refractivity contribution in [1.82, 2.24) is 0 Å². The summed E-state index contributed by atoms with van der Waals surface area (Å²) in [6, 6.07) is 16.0. The minimum absolute atomic E-state index is 0. The van der Waals surface area contributed by atoms with Gasteiger partial charge >= 0.3 is 17.1 Å². The van der Waals surface area contributed by atoms with Gasteiger partial charge in [0, 0.05) is 11.8 Å². The summed E-state index contributed by atoms with van der Waals surface area (Å²) in [6.45, 7) is 0. The fourth-order valence-electron chi connectivity index (χ4n) is 1.01. The van der Waals surface area contributed by atoms with Gasteiger partial charge in [-0.2, -0.15) is 35.4 Å². The predicted octanol–water partition coefficient (Wildman–Crippen LogP) is 4.29. The third-order valence-electron chi connectivity index (χ3n) is 1.77. The number of hydrogen-bond donors (Lipinski definition) is 0. The van der Waals surface area contributed by atoms with Gasteiger partial charge in [0.1, 0.15) is 0 Å². The van der Waals surface area contributed by atoms with Crippen molar-refractivity contribution in [1.29, 1.82) is 0 Å². The van der Waals surface area contributed by atoms with E-state index in [-0.39, 0.29) is 17.1 Å². The van der Waals surface area contributed by atoms with E-state index in [4.69, 9.17) is 23.2 Å². The number of alkyl halides is 2. The van der Waals surface area contributed by atoms with E-state index in [2.05, 4.69) is 0 Å². The summed E-state index contributed by atoms with van der Waals surface area (Å²) in [5.74, 6) is 1.26. The first kappa shape index (κ1) is 14.8. The molecule has 0 spiro atoms. The van der Waals surface area contributed by atoms with Gasteiger partial charge < -0.3 is 0 Å². The molecule has 0 saturated carbocycles. The molecule has 3 heteroatoms. The Morgan fingerprint density at radius 3 is 1.40 bits per heavy atom. The summed E-state index contributed by atoms with van der Waals surface area (Å²) in [6.07, 6.45) is 0. The van der Waals surface area contributed by atoms with E-state index in [1.807, 2.05) is 48.5 Å². The summed E-state index contributed by atoms with van der Waals surface area (Å²) in [5.41, 5.74) is 2.39. The Kier molecular flexibility index (Phi) is 8.94. The van der Waals surface area contributed by atoms with Crippen LogP contribution in [0.5, 0.6) is 0 Å². The first-order chi connectivity index (χ1) is 6.86. The summed E-state index contributed by atoms with van der Waals surface area (Å²) < 4.78 is 0. The fraction of sp³-hybridized carbons (Fsp3) is 0.167. The molecule has 0 saturated heterocycles. The van der Waals surface area contributed by atoms with Gasteiger partial charge in [-0.25, -0.2) is 24.3 Å². The zero-order valence-electron chi connectivity index (χ0n) is 8.14. The molecule has 0 fully saturated rings. The number of hydrogen-bond acceptors (Lipinski definition) is 0. The molecule has 0 atom stereocenters. The minimum atomic E-state index is 0. The maximum absolute atomic E-state index is 5.47. The van der Waals surface area contributed by atoms with Gasteiger partial charge in [0.15, 0.2) is 0 Å². The normalized spacial score (nSPS) is 8.67. The zero-order valence-corrected chi connectivity index (χ0v) is 10.8. The van der Waals surface area contributed by atoms with Crippen LogP contribution in [0, 0.1) is 0 Å². The molecule has 2 rings (SSSR count). The SMILES string of the molecule is ClCc1ccc[cH-]1.ClCc1ccc[cH-]1.[Fe+2]. The molecule has 15 heavy (non-hydrogen) atoms. The third-order valence-corrected chi connectivity index (χ3v) is 2.39. The standard InChI is InChI=1S/2C6H6Cl.Fe/c2*7-5-6-3-1-2-4-6;/h2*1-4H,5H2;/q2*-1;+2. The van der Waals surface area contributed by atoms with Crippen molar-refractivity contribution >= 4 is 23.2 Å². The summed E-state index contributed by atoms with van der Waals surface area (Å²) >= 11 is 10.9. The van der Waals surface area contributed by atoms with E-state index in [9.17, 15) is 0 Å². The fourth-order valence-corrected chi connectivity index (χ4v) is 1.36. The van der Waals surface area contributed by atoms with Gasteiger partial charge in [-0.05, 0) is 0 Å². The van der Waals surface area contributed by atoms with Crippen LogP contribution in [0.1, 0.15) is 11.1 Å². The Balaban J connectivity index is 0.000000245. The molecule has 0 nitrogen and oxygen atoms in total. The zero-order chi connectivity index (χ0) is 10.2. The first-order valence-corrected chi connectivity index (χ1v) is 5.47.